The van der Waals surface area contributed by atoms with Crippen molar-refractivity contribution in [2.24, 2.45) is 0 Å². The molecule has 0 rings (SSSR count). The van der Waals surface area contributed by atoms with Gasteiger partial charge in [-0.3, -0.25) is 0 Å². The van der Waals surface area contributed by atoms with Crippen LogP contribution in [0.25, 0.3) is 0 Å². The summed E-state index contributed by atoms with van der Waals surface area (Å²) in [6.07, 6.45) is -1.78. The summed E-state index contributed by atoms with van der Waals surface area (Å²) in [4.78, 5) is 0. The minimum Gasteiger partial charge on any atom is -0.176 e. The lowest BCUT2D eigenvalue weighted by molar-refractivity contribution is 2.30. The smallest absolute Gasteiger partial charge is 0.176 e. The van der Waals surface area contributed by atoms with Gasteiger partial charge in [0.25, 0.3) is 0 Å². The van der Waals surface area contributed by atoms with E-state index in [4.69, 9.17) is 33.2 Å². The first-order chi connectivity index (χ1) is 2.56. The molecule has 0 aliphatic heterocycles. The molecule has 0 aliphatic rings. The number of halogens is 3. The maximum atomic E-state index is 5.55. The van der Waals surface area contributed by atoms with Gasteiger partial charge in [-0.05, 0) is 6.55 Å². The fraction of sp³-hybridized carbons (Fsp3) is 1.00. The van der Waals surface area contributed by atoms with Crippen LogP contribution in [-0.4, -0.2) is 14.6 Å². The monoisotopic (exact) mass is 178 g/mol. The van der Waals surface area contributed by atoms with Crippen molar-refractivity contribution in [2.75, 3.05) is 0 Å². The third-order valence-corrected chi connectivity index (χ3v) is 11.8. The van der Waals surface area contributed by atoms with E-state index in [1.165, 1.54) is 0 Å². The molecular weight excluding hydrogens is 175 g/mol. The van der Waals surface area contributed by atoms with E-state index in [0.29, 0.717) is 0 Å². The van der Waals surface area contributed by atoms with Gasteiger partial charge >= 0.3 is 0 Å². The molecule has 0 aromatic heterocycles. The van der Waals surface area contributed by atoms with Crippen molar-refractivity contribution in [3.05, 3.63) is 0 Å². The highest BCUT2D eigenvalue weighted by Crippen LogP contribution is 2.11. The van der Waals surface area contributed by atoms with Crippen molar-refractivity contribution in [3.8, 4) is 0 Å². The van der Waals surface area contributed by atoms with E-state index in [-0.39, 0.29) is 0 Å². The Morgan fingerprint density at radius 3 is 1.67 bits per heavy atom. The van der Waals surface area contributed by atoms with Crippen molar-refractivity contribution in [3.63, 3.8) is 0 Å². The molecule has 38 valence electrons. The molecule has 0 fully saturated rings. The standard InChI is InChI=1S/CH5Cl3Si2/c1-6(3,4)5-2/h5H2,1H3. The average molecular weight is 180 g/mol. The minimum atomic E-state index is -1.78. The predicted octanol–water partition coefficient (Wildman–Crippen LogP) is 1.36. The van der Waals surface area contributed by atoms with Gasteiger partial charge in [-0.2, -0.15) is 11.1 Å². The van der Waals surface area contributed by atoms with E-state index in [2.05, 4.69) is 0 Å². The lowest BCUT2D eigenvalue weighted by atomic mass is 11.9. The Labute approximate surface area is 54.5 Å². The highest BCUT2D eigenvalue weighted by atomic mass is 35.7. The van der Waals surface area contributed by atoms with E-state index in [9.17, 15) is 0 Å². The summed E-state index contributed by atoms with van der Waals surface area (Å²) in [5.74, 6) is 0. The van der Waals surface area contributed by atoms with E-state index >= 15 is 0 Å². The van der Waals surface area contributed by atoms with Gasteiger partial charge in [0, 0.05) is 0 Å². The summed E-state index contributed by atoms with van der Waals surface area (Å²) in [6.45, 7) is 1.84. The molecule has 0 heterocycles. The molecule has 6 heavy (non-hydrogen) atoms. The topological polar surface area (TPSA) is 0 Å². The number of hydrogen-bond acceptors (Lipinski definition) is 0. The Hall–Kier alpha value is 1.30. The van der Waals surface area contributed by atoms with Gasteiger partial charge in [0.1, 0.15) is 0 Å². The third kappa shape index (κ3) is 5.30. The van der Waals surface area contributed by atoms with Crippen LogP contribution in [-0.2, 0) is 0 Å². The fourth-order valence-corrected chi connectivity index (χ4v) is 0. The highest BCUT2D eigenvalue weighted by molar-refractivity contribution is 7.72. The molecule has 0 N–H and O–H groups in total. The van der Waals surface area contributed by atoms with Crippen LogP contribution in [0, 0.1) is 0 Å². The predicted molar refractivity (Wildman–Crippen MR) is 37.7 cm³/mol. The maximum Gasteiger partial charge on any atom is 0.246 e. The second-order valence-electron chi connectivity index (χ2n) is 1.20. The molecule has 0 nitrogen and oxygen atoms in total. The Bertz CT molecular complexity index is 38.5. The lowest BCUT2D eigenvalue weighted by Gasteiger charge is -1.99. The summed E-state index contributed by atoms with van der Waals surface area (Å²) >= 11 is 16.5. The largest absolute Gasteiger partial charge is 0.246 e. The summed E-state index contributed by atoms with van der Waals surface area (Å²) < 4.78 is 0. The van der Waals surface area contributed by atoms with E-state index in [0.717, 1.165) is 0 Å². The molecule has 0 unspecified atom stereocenters. The van der Waals surface area contributed by atoms with Gasteiger partial charge in [-0.25, -0.2) is 0 Å². The molecular formula is CH5Cl3Si2. The molecule has 0 bridgehead atoms. The maximum absolute atomic E-state index is 5.55. The normalized spacial score (nSPS) is 14.0. The molecule has 0 aromatic carbocycles. The van der Waals surface area contributed by atoms with Crippen molar-refractivity contribution >= 4 is 47.8 Å². The first kappa shape index (κ1) is 7.30. The van der Waals surface area contributed by atoms with E-state index in [1.807, 2.05) is 6.55 Å². The highest BCUT2D eigenvalue weighted by Gasteiger charge is 2.18. The van der Waals surface area contributed by atoms with Crippen molar-refractivity contribution in [1.29, 1.82) is 0 Å². The number of rotatable bonds is 1. The summed E-state index contributed by atoms with van der Waals surface area (Å²) in [7, 11) is -0.606. The molecule has 0 saturated carbocycles. The van der Waals surface area contributed by atoms with Crippen LogP contribution in [0.2, 0.25) is 6.55 Å². The summed E-state index contributed by atoms with van der Waals surface area (Å²) in [6, 6.07) is 0. The fourth-order valence-electron chi connectivity index (χ4n) is 0. The van der Waals surface area contributed by atoms with Gasteiger partial charge < -0.3 is 0 Å². The van der Waals surface area contributed by atoms with Gasteiger partial charge in [-0.15, -0.1) is 22.2 Å². The molecule has 0 aliphatic carbocycles. The molecule has 5 heteroatoms. The Morgan fingerprint density at radius 2 is 1.67 bits per heavy atom. The second-order valence-corrected chi connectivity index (χ2v) is 19.3. The van der Waals surface area contributed by atoms with Crippen molar-refractivity contribution in [1.82, 2.24) is 0 Å². The zero-order valence-corrected chi connectivity index (χ0v) is 8.02. The zero-order chi connectivity index (χ0) is 5.21. The molecule has 0 atom stereocenters. The Morgan fingerprint density at radius 1 is 1.50 bits per heavy atom. The van der Waals surface area contributed by atoms with Gasteiger partial charge in [-0.1, -0.05) is 0 Å². The van der Waals surface area contributed by atoms with Crippen LogP contribution in [0.5, 0.6) is 0 Å². The van der Waals surface area contributed by atoms with Crippen LogP contribution in [0.1, 0.15) is 0 Å². The SMILES string of the molecule is C[Si](Cl)(Cl)[SiH2]Cl. The first-order valence-electron chi connectivity index (χ1n) is 1.50. The van der Waals surface area contributed by atoms with Gasteiger partial charge in [0.15, 0.2) is 8.35 Å². The molecule has 0 spiro atoms. The summed E-state index contributed by atoms with van der Waals surface area (Å²) in [5, 5.41) is 0. The Balaban J connectivity index is 3.17. The molecule has 0 aromatic rings. The van der Waals surface area contributed by atoms with Gasteiger partial charge in [0.05, 0.1) is 0 Å². The van der Waals surface area contributed by atoms with E-state index in [1.54, 1.807) is 0 Å². The second kappa shape index (κ2) is 2.57. The average Bonchev–Trinajstić information content (AvgIpc) is 1.35. The summed E-state index contributed by atoms with van der Waals surface area (Å²) in [5.41, 5.74) is 0. The lowest BCUT2D eigenvalue weighted by Crippen LogP contribution is -2.18. The van der Waals surface area contributed by atoms with Gasteiger partial charge in [0.2, 0.25) is 6.21 Å². The van der Waals surface area contributed by atoms with Crippen LogP contribution < -0.4 is 0 Å². The van der Waals surface area contributed by atoms with E-state index < -0.39 is 14.6 Å². The van der Waals surface area contributed by atoms with Crippen molar-refractivity contribution < 1.29 is 0 Å². The Kier molecular flexibility index (Phi) is 3.13. The minimum absolute atomic E-state index is 0.606. The molecule has 0 saturated heterocycles. The number of hydrogen-bond donors (Lipinski definition) is 0. The first-order valence-corrected chi connectivity index (χ1v) is 10.5. The van der Waals surface area contributed by atoms with Crippen molar-refractivity contribution in [2.45, 2.75) is 6.55 Å². The van der Waals surface area contributed by atoms with Crippen LogP contribution in [0.15, 0.2) is 0 Å². The quantitative estimate of drug-likeness (QED) is 0.421. The zero-order valence-electron chi connectivity index (χ0n) is 3.34. The molecule has 0 radical (unpaired) electrons. The van der Waals surface area contributed by atoms with Crippen LogP contribution in [0.4, 0.5) is 0 Å². The third-order valence-electron chi connectivity index (χ3n) is 0.235. The van der Waals surface area contributed by atoms with Crippen LogP contribution >= 0.6 is 33.2 Å². The molecule has 0 amide bonds. The van der Waals surface area contributed by atoms with Crippen LogP contribution in [0.3, 0.4) is 0 Å².